The van der Waals surface area contributed by atoms with Crippen molar-refractivity contribution in [2.45, 2.75) is 62.1 Å². The molecule has 0 radical (unpaired) electrons. The monoisotopic (exact) mass is 611 g/mol. The predicted molar refractivity (Wildman–Crippen MR) is 145 cm³/mol. The SMILES string of the molecule is [2H]C([2H])(Oc1nc(N2CC3CCC2CN3)c2cnn(-c3cc(O)cc(Cl)c3C(F)(F)F)c(=O)c2n1)[C@@]12CCCN1C[C@H](F)C2. The van der Waals surface area contributed by atoms with Crippen LogP contribution in [-0.2, 0) is 6.18 Å². The normalized spacial score (nSPS) is 28.7. The second-order valence-corrected chi connectivity index (χ2v) is 11.8. The van der Waals surface area contributed by atoms with E-state index in [0.29, 0.717) is 43.2 Å². The van der Waals surface area contributed by atoms with Crippen molar-refractivity contribution in [1.29, 1.82) is 0 Å². The van der Waals surface area contributed by atoms with Crippen molar-refractivity contribution in [3.05, 3.63) is 39.3 Å². The molecule has 5 fully saturated rings. The molecule has 2 N–H and O–H groups in total. The molecule has 5 saturated heterocycles. The summed E-state index contributed by atoms with van der Waals surface area (Å²) in [4.78, 5) is 26.3. The number of nitrogens with zero attached hydrogens (tertiary/aromatic N) is 6. The number of nitrogens with one attached hydrogen (secondary N) is 1. The number of phenols is 1. The van der Waals surface area contributed by atoms with Crippen LogP contribution in [0.5, 0.6) is 11.8 Å². The van der Waals surface area contributed by atoms with Crippen molar-refractivity contribution >= 4 is 28.3 Å². The van der Waals surface area contributed by atoms with Gasteiger partial charge < -0.3 is 20.1 Å². The van der Waals surface area contributed by atoms with E-state index < -0.39 is 58.0 Å². The van der Waals surface area contributed by atoms with Crippen molar-refractivity contribution in [3.63, 3.8) is 0 Å². The van der Waals surface area contributed by atoms with Crippen LogP contribution in [0.4, 0.5) is 23.4 Å². The van der Waals surface area contributed by atoms with Gasteiger partial charge in [0.2, 0.25) is 0 Å². The summed E-state index contributed by atoms with van der Waals surface area (Å²) < 4.78 is 80.8. The molecule has 2 bridgehead atoms. The summed E-state index contributed by atoms with van der Waals surface area (Å²) in [6, 6.07) is 1.03. The third kappa shape index (κ3) is 4.54. The van der Waals surface area contributed by atoms with Crippen LogP contribution in [0.1, 0.15) is 40.4 Å². The number of aromatic nitrogens is 4. The zero-order valence-electron chi connectivity index (χ0n) is 24.2. The minimum atomic E-state index is -5.00. The summed E-state index contributed by atoms with van der Waals surface area (Å²) in [7, 11) is 0. The Morgan fingerprint density at radius 1 is 1.26 bits per heavy atom. The smallest absolute Gasteiger partial charge is 0.419 e. The molecule has 7 heterocycles. The number of halogens is 5. The van der Waals surface area contributed by atoms with Crippen LogP contribution in [0.2, 0.25) is 5.02 Å². The number of ether oxygens (including phenoxy) is 1. The van der Waals surface area contributed by atoms with Crippen LogP contribution < -0.4 is 20.5 Å². The minimum absolute atomic E-state index is 0.0297. The zero-order valence-corrected chi connectivity index (χ0v) is 22.9. The Morgan fingerprint density at radius 3 is 2.81 bits per heavy atom. The van der Waals surface area contributed by atoms with E-state index in [0.717, 1.165) is 18.9 Å². The molecular formula is C27H28ClF4N7O3. The van der Waals surface area contributed by atoms with E-state index in [1.807, 2.05) is 4.90 Å². The fraction of sp³-hybridized carbons (Fsp3) is 0.556. The van der Waals surface area contributed by atoms with Crippen molar-refractivity contribution in [2.75, 3.05) is 37.6 Å². The molecule has 8 rings (SSSR count). The quantitative estimate of drug-likeness (QED) is 0.420. The summed E-state index contributed by atoms with van der Waals surface area (Å²) in [5.41, 5.74) is -4.91. The number of aromatic hydroxyl groups is 1. The lowest BCUT2D eigenvalue weighted by Gasteiger charge is -2.46. The first-order valence-electron chi connectivity index (χ1n) is 14.8. The lowest BCUT2D eigenvalue weighted by Crippen LogP contribution is -2.61. The van der Waals surface area contributed by atoms with Crippen LogP contribution in [0, 0.1) is 0 Å². The Kier molecular flexibility index (Phi) is 5.97. The van der Waals surface area contributed by atoms with Gasteiger partial charge in [-0.25, -0.2) is 4.39 Å². The van der Waals surface area contributed by atoms with Crippen molar-refractivity contribution in [1.82, 2.24) is 30.0 Å². The first kappa shape index (κ1) is 25.3. The number of piperazine rings is 1. The molecule has 15 heteroatoms. The van der Waals surface area contributed by atoms with Crippen LogP contribution >= 0.6 is 11.6 Å². The Labute approximate surface area is 245 Å². The van der Waals surface area contributed by atoms with Crippen LogP contribution in [-0.4, -0.2) is 86.3 Å². The summed E-state index contributed by atoms with van der Waals surface area (Å²) in [5.74, 6) is -0.387. The van der Waals surface area contributed by atoms with Gasteiger partial charge in [0.1, 0.15) is 35.4 Å². The van der Waals surface area contributed by atoms with E-state index in [1.54, 1.807) is 4.90 Å². The Hall–Kier alpha value is -3.23. The van der Waals surface area contributed by atoms with Gasteiger partial charge in [0.05, 0.1) is 30.6 Å². The lowest BCUT2D eigenvalue weighted by molar-refractivity contribution is -0.137. The number of phenolic OH excluding ortho intramolecular Hbond substituents is 1. The summed E-state index contributed by atoms with van der Waals surface area (Å²) >= 11 is 5.86. The molecule has 0 amide bonds. The number of anilines is 1. The molecule has 1 aromatic carbocycles. The minimum Gasteiger partial charge on any atom is -0.508 e. The molecule has 2 unspecified atom stereocenters. The molecule has 2 aromatic heterocycles. The molecular weight excluding hydrogens is 582 g/mol. The van der Waals surface area contributed by atoms with Gasteiger partial charge in [0, 0.05) is 44.2 Å². The molecule has 3 aromatic rings. The highest BCUT2D eigenvalue weighted by Crippen LogP contribution is 2.42. The fourth-order valence-corrected chi connectivity index (χ4v) is 7.13. The Morgan fingerprint density at radius 2 is 2.10 bits per heavy atom. The topological polar surface area (TPSA) is 109 Å². The van der Waals surface area contributed by atoms with Gasteiger partial charge in [-0.15, -0.1) is 0 Å². The molecule has 0 aliphatic carbocycles. The van der Waals surface area contributed by atoms with Crippen LogP contribution in [0.25, 0.3) is 16.6 Å². The highest BCUT2D eigenvalue weighted by molar-refractivity contribution is 6.31. The van der Waals surface area contributed by atoms with Crippen LogP contribution in [0.15, 0.2) is 23.1 Å². The van der Waals surface area contributed by atoms with Gasteiger partial charge in [0.15, 0.2) is 0 Å². The summed E-state index contributed by atoms with van der Waals surface area (Å²) in [5, 5.41) is 16.8. The van der Waals surface area contributed by atoms with Gasteiger partial charge in [-0.2, -0.15) is 32.9 Å². The number of hydrogen-bond donors (Lipinski definition) is 2. The average molecular weight is 612 g/mol. The van der Waals surface area contributed by atoms with E-state index in [4.69, 9.17) is 19.1 Å². The number of alkyl halides is 4. The molecule has 42 heavy (non-hydrogen) atoms. The van der Waals surface area contributed by atoms with Gasteiger partial charge in [0.25, 0.3) is 5.56 Å². The third-order valence-corrected chi connectivity index (χ3v) is 9.02. The zero-order chi connectivity index (χ0) is 31.2. The second-order valence-electron chi connectivity index (χ2n) is 11.3. The lowest BCUT2D eigenvalue weighted by atomic mass is 9.93. The molecule has 0 saturated carbocycles. The number of fused-ring (bicyclic) bond motifs is 5. The maximum absolute atomic E-state index is 14.5. The maximum Gasteiger partial charge on any atom is 0.419 e. The number of benzene rings is 1. The molecule has 224 valence electrons. The first-order valence-corrected chi connectivity index (χ1v) is 14.1. The fourth-order valence-electron chi connectivity index (χ4n) is 6.82. The molecule has 5 aliphatic rings. The predicted octanol–water partition coefficient (Wildman–Crippen LogP) is 3.45. The maximum atomic E-state index is 14.5. The van der Waals surface area contributed by atoms with Crippen molar-refractivity contribution in [3.8, 4) is 17.4 Å². The third-order valence-electron chi connectivity index (χ3n) is 8.72. The Balaban J connectivity index is 1.40. The molecule has 5 aliphatic heterocycles. The van der Waals surface area contributed by atoms with E-state index in [9.17, 15) is 27.5 Å². The largest absolute Gasteiger partial charge is 0.508 e. The van der Waals surface area contributed by atoms with Crippen molar-refractivity contribution in [2.24, 2.45) is 0 Å². The van der Waals surface area contributed by atoms with Gasteiger partial charge in [-0.1, -0.05) is 11.6 Å². The standard InChI is InChI=1S/C27H28ClF4N7O3/c28-19-6-17(40)7-20(21(19)27(30,31)32)39-24(41)22-18(10-34-39)23(38-12-15-2-3-16(38)9-33-15)36-25(35-22)42-13-26-4-1-5-37(26)11-14(29)8-26/h6-7,10,14-16,33,40H,1-5,8-9,11-13H2/t14-,15?,16?,26+/m1/s1/i13D2. The molecule has 10 nitrogen and oxygen atoms in total. The highest BCUT2D eigenvalue weighted by Gasteiger charge is 2.49. The number of rotatable bonds is 5. The van der Waals surface area contributed by atoms with Crippen molar-refractivity contribution < 1.29 is 30.1 Å². The van der Waals surface area contributed by atoms with E-state index >= 15 is 0 Å². The van der Waals surface area contributed by atoms with E-state index in [-0.39, 0.29) is 41.8 Å². The highest BCUT2D eigenvalue weighted by atomic mass is 35.5. The first-order chi connectivity index (χ1) is 20.8. The second kappa shape index (κ2) is 9.91. The van der Waals surface area contributed by atoms with Gasteiger partial charge >= 0.3 is 12.2 Å². The summed E-state index contributed by atoms with van der Waals surface area (Å²) in [6.07, 6.45) is -2.43. The molecule has 0 spiro atoms. The average Bonchev–Trinajstić information content (AvgIpc) is 3.50. The summed E-state index contributed by atoms with van der Waals surface area (Å²) in [6.45, 7) is -0.757. The molecule has 4 atom stereocenters. The Bertz CT molecular complexity index is 1700. The van der Waals surface area contributed by atoms with Gasteiger partial charge in [-0.3, -0.25) is 9.69 Å². The van der Waals surface area contributed by atoms with Crippen LogP contribution in [0.3, 0.4) is 0 Å². The van der Waals surface area contributed by atoms with E-state index in [2.05, 4.69) is 20.4 Å². The van der Waals surface area contributed by atoms with E-state index in [1.165, 1.54) is 6.20 Å². The number of hydrogen-bond acceptors (Lipinski definition) is 9. The number of piperidine rings is 2. The van der Waals surface area contributed by atoms with Gasteiger partial charge in [-0.05, 0) is 38.3 Å².